The summed E-state index contributed by atoms with van der Waals surface area (Å²) in [5.74, 6) is 0.398. The Bertz CT molecular complexity index is 1170. The van der Waals surface area contributed by atoms with Crippen LogP contribution in [0.25, 0.3) is 5.57 Å². The molecule has 0 spiro atoms. The minimum Gasteiger partial charge on any atom is -0.444 e. The number of amides is 2. The summed E-state index contributed by atoms with van der Waals surface area (Å²) in [6.45, 7) is 15.0. The number of allylic oxidation sites excluding steroid dienone is 2. The number of ether oxygens (including phenoxy) is 1. The molecule has 2 unspecified atom stereocenters. The minimum atomic E-state index is -0.515. The Morgan fingerprint density at radius 2 is 1.97 bits per heavy atom. The first kappa shape index (κ1) is 29.5. The van der Waals surface area contributed by atoms with Gasteiger partial charge in [0, 0.05) is 32.1 Å². The number of nitrogens with zero attached hydrogens (tertiary/aromatic N) is 3. The van der Waals surface area contributed by atoms with Gasteiger partial charge in [-0.15, -0.1) is 0 Å². The number of piperidine rings is 1. The quantitative estimate of drug-likeness (QED) is 0.380. The summed E-state index contributed by atoms with van der Waals surface area (Å²) >= 11 is 6.51. The highest BCUT2D eigenvalue weighted by atomic mass is 35.5. The zero-order valence-electron chi connectivity index (χ0n) is 23.5. The standard InChI is InChI=1S/C30H41ClN4O3/c1-8-9-10-24(22-13-15-35(16-14-22)29(37)38-30(4,5)6)25-12-11-23(31)17-26(25)20(2)28(33-21(3)36)27-18-32-19-34(27)7/h8-9,11-12,17-19,22,24,28H,2,10,13-16H2,1,3-7H3,(H,33,36)/b9-8-. The van der Waals surface area contributed by atoms with Crippen LogP contribution in [0.2, 0.25) is 5.02 Å². The van der Waals surface area contributed by atoms with E-state index in [0.29, 0.717) is 24.0 Å². The van der Waals surface area contributed by atoms with Gasteiger partial charge in [0.15, 0.2) is 0 Å². The molecule has 2 aromatic rings. The molecule has 2 heterocycles. The van der Waals surface area contributed by atoms with Gasteiger partial charge in [-0.05, 0) is 87.6 Å². The van der Waals surface area contributed by atoms with Gasteiger partial charge in [-0.3, -0.25) is 4.79 Å². The normalized spacial score (nSPS) is 16.3. The first-order valence-electron chi connectivity index (χ1n) is 13.2. The second-order valence-corrected chi connectivity index (χ2v) is 11.5. The van der Waals surface area contributed by atoms with Crippen LogP contribution in [0.4, 0.5) is 4.79 Å². The SMILES string of the molecule is C=C(c1cc(Cl)ccc1C(C/C=C\C)C1CCN(C(=O)OC(C)(C)C)CC1)C(NC(C)=O)c1cncn1C. The maximum Gasteiger partial charge on any atom is 0.410 e. The predicted molar refractivity (Wildman–Crippen MR) is 153 cm³/mol. The average Bonchev–Trinajstić information content (AvgIpc) is 3.27. The Morgan fingerprint density at radius 3 is 2.53 bits per heavy atom. The van der Waals surface area contributed by atoms with Crippen LogP contribution < -0.4 is 5.32 Å². The third-order valence-electron chi connectivity index (χ3n) is 6.99. The largest absolute Gasteiger partial charge is 0.444 e. The van der Waals surface area contributed by atoms with E-state index < -0.39 is 11.6 Å². The van der Waals surface area contributed by atoms with Crippen molar-refractivity contribution in [2.24, 2.45) is 13.0 Å². The lowest BCUT2D eigenvalue weighted by Gasteiger charge is -2.37. The third-order valence-corrected chi connectivity index (χ3v) is 7.23. The van der Waals surface area contributed by atoms with Crippen molar-refractivity contribution in [3.05, 3.63) is 71.3 Å². The number of likely N-dealkylation sites (tertiary alicyclic amines) is 1. The summed E-state index contributed by atoms with van der Waals surface area (Å²) in [5.41, 5.74) is 3.16. The topological polar surface area (TPSA) is 76.5 Å². The molecular formula is C30H41ClN4O3. The lowest BCUT2D eigenvalue weighted by Crippen LogP contribution is -2.42. The maximum atomic E-state index is 12.6. The van der Waals surface area contributed by atoms with Crippen molar-refractivity contribution in [2.45, 2.75) is 71.4 Å². The van der Waals surface area contributed by atoms with Gasteiger partial charge in [0.1, 0.15) is 5.60 Å². The van der Waals surface area contributed by atoms with Gasteiger partial charge in [0.05, 0.1) is 24.3 Å². The van der Waals surface area contributed by atoms with Gasteiger partial charge in [-0.1, -0.05) is 36.4 Å². The molecule has 1 fully saturated rings. The molecule has 2 atom stereocenters. The summed E-state index contributed by atoms with van der Waals surface area (Å²) in [6, 6.07) is 5.51. The second-order valence-electron chi connectivity index (χ2n) is 11.0. The fourth-order valence-electron chi connectivity index (χ4n) is 5.14. The monoisotopic (exact) mass is 540 g/mol. The molecular weight excluding hydrogens is 500 g/mol. The molecule has 0 bridgehead atoms. The maximum absolute atomic E-state index is 12.6. The van der Waals surface area contributed by atoms with Gasteiger partial charge in [0.25, 0.3) is 0 Å². The number of halogens is 1. The Hall–Kier alpha value is -3.06. The lowest BCUT2D eigenvalue weighted by molar-refractivity contribution is -0.119. The van der Waals surface area contributed by atoms with Crippen LogP contribution in [0.15, 0.2) is 49.5 Å². The minimum absolute atomic E-state index is 0.152. The molecule has 0 aliphatic carbocycles. The highest BCUT2D eigenvalue weighted by Gasteiger charge is 2.33. The van der Waals surface area contributed by atoms with Crippen LogP contribution >= 0.6 is 11.6 Å². The predicted octanol–water partition coefficient (Wildman–Crippen LogP) is 6.66. The first-order chi connectivity index (χ1) is 17.9. The second kappa shape index (κ2) is 12.7. The van der Waals surface area contributed by atoms with E-state index >= 15 is 0 Å². The highest BCUT2D eigenvalue weighted by Crippen LogP contribution is 2.42. The van der Waals surface area contributed by atoms with Crippen molar-refractivity contribution >= 4 is 29.2 Å². The average molecular weight is 541 g/mol. The smallest absolute Gasteiger partial charge is 0.410 e. The van der Waals surface area contributed by atoms with Crippen molar-refractivity contribution in [1.82, 2.24) is 19.8 Å². The van der Waals surface area contributed by atoms with Gasteiger partial charge in [-0.25, -0.2) is 9.78 Å². The molecule has 7 nitrogen and oxygen atoms in total. The Kier molecular flexibility index (Phi) is 9.82. The van der Waals surface area contributed by atoms with Crippen LogP contribution in [0.5, 0.6) is 0 Å². The summed E-state index contributed by atoms with van der Waals surface area (Å²) in [7, 11) is 1.90. The fourth-order valence-corrected chi connectivity index (χ4v) is 5.31. The molecule has 3 rings (SSSR count). The number of hydrogen-bond acceptors (Lipinski definition) is 4. The van der Waals surface area contributed by atoms with Gasteiger partial charge >= 0.3 is 6.09 Å². The number of hydrogen-bond donors (Lipinski definition) is 1. The van der Waals surface area contributed by atoms with E-state index in [2.05, 4.69) is 35.1 Å². The highest BCUT2D eigenvalue weighted by molar-refractivity contribution is 6.30. The van der Waals surface area contributed by atoms with E-state index in [9.17, 15) is 9.59 Å². The Morgan fingerprint density at radius 1 is 1.29 bits per heavy atom. The molecule has 1 aromatic heterocycles. The molecule has 1 aliphatic rings. The summed E-state index contributed by atoms with van der Waals surface area (Å²) in [5, 5.41) is 3.66. The molecule has 8 heteroatoms. The van der Waals surface area contributed by atoms with Crippen LogP contribution in [-0.4, -0.2) is 45.1 Å². The Balaban J connectivity index is 1.94. The van der Waals surface area contributed by atoms with Crippen LogP contribution in [0.3, 0.4) is 0 Å². The fraction of sp³-hybridized carbons (Fsp3) is 0.500. The number of aromatic nitrogens is 2. The Labute approximate surface area is 231 Å². The number of imidazole rings is 1. The first-order valence-corrected chi connectivity index (χ1v) is 13.6. The molecule has 1 saturated heterocycles. The zero-order chi connectivity index (χ0) is 28.0. The van der Waals surface area contributed by atoms with Crippen LogP contribution in [-0.2, 0) is 16.6 Å². The molecule has 206 valence electrons. The van der Waals surface area contributed by atoms with E-state index in [1.807, 2.05) is 56.3 Å². The number of carbonyl (C=O) groups excluding carboxylic acids is 2. The molecule has 2 amide bonds. The molecule has 1 N–H and O–H groups in total. The van der Waals surface area contributed by atoms with E-state index in [-0.39, 0.29) is 17.9 Å². The molecule has 0 saturated carbocycles. The van der Waals surface area contributed by atoms with E-state index in [4.69, 9.17) is 16.3 Å². The number of benzene rings is 1. The molecule has 38 heavy (non-hydrogen) atoms. The summed E-state index contributed by atoms with van der Waals surface area (Å²) in [6.07, 6.45) is 10.1. The summed E-state index contributed by atoms with van der Waals surface area (Å²) in [4.78, 5) is 30.9. The zero-order valence-corrected chi connectivity index (χ0v) is 24.2. The number of carbonyl (C=O) groups is 2. The van der Waals surface area contributed by atoms with Crippen molar-refractivity contribution < 1.29 is 14.3 Å². The summed E-state index contributed by atoms with van der Waals surface area (Å²) < 4.78 is 7.49. The molecule has 1 aliphatic heterocycles. The van der Waals surface area contributed by atoms with Gasteiger partial charge < -0.3 is 19.5 Å². The lowest BCUT2D eigenvalue weighted by atomic mass is 9.75. The van der Waals surface area contributed by atoms with Crippen molar-refractivity contribution in [1.29, 1.82) is 0 Å². The molecule has 1 aromatic carbocycles. The number of aryl methyl sites for hydroxylation is 1. The number of nitrogens with one attached hydrogen (secondary N) is 1. The third kappa shape index (κ3) is 7.50. The van der Waals surface area contributed by atoms with E-state index in [1.165, 1.54) is 6.92 Å². The van der Waals surface area contributed by atoms with E-state index in [1.54, 1.807) is 12.5 Å². The van der Waals surface area contributed by atoms with Crippen molar-refractivity contribution in [2.75, 3.05) is 13.1 Å². The van der Waals surface area contributed by atoms with Crippen molar-refractivity contribution in [3.8, 4) is 0 Å². The number of rotatable bonds is 8. The van der Waals surface area contributed by atoms with Gasteiger partial charge in [-0.2, -0.15) is 0 Å². The van der Waals surface area contributed by atoms with E-state index in [0.717, 1.165) is 41.7 Å². The van der Waals surface area contributed by atoms with Crippen molar-refractivity contribution in [3.63, 3.8) is 0 Å². The van der Waals surface area contributed by atoms with Gasteiger partial charge in [0.2, 0.25) is 5.91 Å². The van der Waals surface area contributed by atoms with Crippen LogP contribution in [0.1, 0.15) is 82.7 Å². The van der Waals surface area contributed by atoms with Crippen LogP contribution in [0, 0.1) is 5.92 Å². The molecule has 0 radical (unpaired) electrons.